The zero-order chi connectivity index (χ0) is 15.4. The Kier molecular flexibility index (Phi) is 4.53. The summed E-state index contributed by atoms with van der Waals surface area (Å²) in [5.41, 5.74) is 1.33. The zero-order valence-electron chi connectivity index (χ0n) is 11.8. The molecule has 2 amide bonds. The van der Waals surface area contributed by atoms with E-state index in [0.717, 1.165) is 5.56 Å². The number of aryl methyl sites for hydroxylation is 1. The van der Waals surface area contributed by atoms with E-state index < -0.39 is 0 Å². The van der Waals surface area contributed by atoms with Crippen LogP contribution in [0.4, 0.5) is 10.1 Å². The number of carbonyl (C=O) groups is 2. The van der Waals surface area contributed by atoms with Crippen molar-refractivity contribution in [2.24, 2.45) is 0 Å². The van der Waals surface area contributed by atoms with Crippen molar-refractivity contribution in [2.75, 3.05) is 25.0 Å². The SMILES string of the molecule is CN(CCC#N)C(=O)CN1C(=O)CCc2cc(F)ccc21. The van der Waals surface area contributed by atoms with Gasteiger partial charge in [0.15, 0.2) is 0 Å². The third-order valence-corrected chi connectivity index (χ3v) is 3.52. The molecule has 1 aliphatic heterocycles. The first-order chi connectivity index (χ1) is 10.0. The van der Waals surface area contributed by atoms with E-state index in [1.807, 2.05) is 6.07 Å². The molecule has 0 N–H and O–H groups in total. The number of benzene rings is 1. The Bertz CT molecular complexity index is 609. The summed E-state index contributed by atoms with van der Waals surface area (Å²) in [6, 6.07) is 6.19. The molecule has 0 saturated carbocycles. The molecule has 1 aliphatic rings. The molecule has 110 valence electrons. The first kappa shape index (κ1) is 15.0. The van der Waals surface area contributed by atoms with E-state index >= 15 is 0 Å². The summed E-state index contributed by atoms with van der Waals surface area (Å²) in [7, 11) is 1.60. The van der Waals surface area contributed by atoms with Crippen LogP contribution in [-0.2, 0) is 16.0 Å². The second kappa shape index (κ2) is 6.35. The van der Waals surface area contributed by atoms with Gasteiger partial charge in [-0.2, -0.15) is 5.26 Å². The van der Waals surface area contributed by atoms with E-state index in [9.17, 15) is 14.0 Å². The molecule has 1 heterocycles. The second-order valence-electron chi connectivity index (χ2n) is 4.98. The minimum Gasteiger partial charge on any atom is -0.343 e. The summed E-state index contributed by atoms with van der Waals surface area (Å²) < 4.78 is 13.2. The third-order valence-electron chi connectivity index (χ3n) is 3.52. The molecule has 6 heteroatoms. The Morgan fingerprint density at radius 1 is 1.48 bits per heavy atom. The summed E-state index contributed by atoms with van der Waals surface area (Å²) >= 11 is 0. The highest BCUT2D eigenvalue weighted by atomic mass is 19.1. The molecule has 2 rings (SSSR count). The number of hydrogen-bond acceptors (Lipinski definition) is 3. The van der Waals surface area contributed by atoms with Crippen LogP contribution in [0.5, 0.6) is 0 Å². The van der Waals surface area contributed by atoms with Crippen molar-refractivity contribution in [3.63, 3.8) is 0 Å². The largest absolute Gasteiger partial charge is 0.343 e. The number of rotatable bonds is 4. The van der Waals surface area contributed by atoms with E-state index in [1.165, 1.54) is 28.0 Å². The molecule has 0 aliphatic carbocycles. The number of anilines is 1. The maximum absolute atomic E-state index is 13.2. The average molecular weight is 289 g/mol. The lowest BCUT2D eigenvalue weighted by Gasteiger charge is -2.30. The third kappa shape index (κ3) is 3.37. The molecular weight excluding hydrogens is 273 g/mol. The zero-order valence-corrected chi connectivity index (χ0v) is 11.8. The number of fused-ring (bicyclic) bond motifs is 1. The summed E-state index contributed by atoms with van der Waals surface area (Å²) in [6.07, 6.45) is 1.00. The number of halogens is 1. The van der Waals surface area contributed by atoms with Crippen molar-refractivity contribution >= 4 is 17.5 Å². The molecule has 0 fully saturated rings. The van der Waals surface area contributed by atoms with Gasteiger partial charge < -0.3 is 9.80 Å². The minimum atomic E-state index is -0.347. The molecule has 1 aromatic rings. The Morgan fingerprint density at radius 2 is 2.24 bits per heavy atom. The van der Waals surface area contributed by atoms with E-state index in [1.54, 1.807) is 7.05 Å². The fraction of sp³-hybridized carbons (Fsp3) is 0.400. The van der Waals surface area contributed by atoms with E-state index in [0.29, 0.717) is 18.7 Å². The van der Waals surface area contributed by atoms with Crippen LogP contribution in [0.1, 0.15) is 18.4 Å². The van der Waals surface area contributed by atoms with Gasteiger partial charge in [-0.15, -0.1) is 0 Å². The van der Waals surface area contributed by atoms with Gasteiger partial charge in [0.1, 0.15) is 12.4 Å². The fourth-order valence-corrected chi connectivity index (χ4v) is 2.30. The predicted molar refractivity (Wildman–Crippen MR) is 74.9 cm³/mol. The van der Waals surface area contributed by atoms with Crippen LogP contribution in [0.3, 0.4) is 0 Å². The first-order valence-corrected chi connectivity index (χ1v) is 6.72. The highest BCUT2D eigenvalue weighted by molar-refractivity contribution is 6.00. The average Bonchev–Trinajstić information content (AvgIpc) is 2.47. The minimum absolute atomic E-state index is 0.0839. The second-order valence-corrected chi connectivity index (χ2v) is 4.98. The van der Waals surface area contributed by atoms with Crippen molar-refractivity contribution in [3.05, 3.63) is 29.6 Å². The quantitative estimate of drug-likeness (QED) is 0.843. The van der Waals surface area contributed by atoms with Gasteiger partial charge in [-0.25, -0.2) is 4.39 Å². The van der Waals surface area contributed by atoms with Crippen molar-refractivity contribution in [1.82, 2.24) is 4.90 Å². The van der Waals surface area contributed by atoms with Crippen LogP contribution in [0.25, 0.3) is 0 Å². The Balaban J connectivity index is 2.15. The molecule has 0 aromatic heterocycles. The molecule has 1 aromatic carbocycles. The van der Waals surface area contributed by atoms with Crippen LogP contribution in [0.2, 0.25) is 0 Å². The van der Waals surface area contributed by atoms with Crippen LogP contribution in [0.15, 0.2) is 18.2 Å². The molecular formula is C15H16FN3O2. The lowest BCUT2D eigenvalue weighted by molar-refractivity contribution is -0.130. The molecule has 0 spiro atoms. The van der Waals surface area contributed by atoms with Gasteiger partial charge in [-0.05, 0) is 30.2 Å². The van der Waals surface area contributed by atoms with Crippen LogP contribution in [-0.4, -0.2) is 36.9 Å². The van der Waals surface area contributed by atoms with Crippen molar-refractivity contribution in [3.8, 4) is 6.07 Å². The van der Waals surface area contributed by atoms with Gasteiger partial charge in [0.2, 0.25) is 11.8 Å². The number of nitriles is 1. The maximum atomic E-state index is 13.2. The van der Waals surface area contributed by atoms with Gasteiger partial charge in [0.25, 0.3) is 0 Å². The summed E-state index contributed by atoms with van der Waals surface area (Å²) in [6.45, 7) is 0.243. The molecule has 0 atom stereocenters. The fourth-order valence-electron chi connectivity index (χ4n) is 2.30. The van der Waals surface area contributed by atoms with Gasteiger partial charge >= 0.3 is 0 Å². The summed E-state index contributed by atoms with van der Waals surface area (Å²) in [5, 5.41) is 8.53. The molecule has 0 radical (unpaired) electrons. The Labute approximate surface area is 122 Å². The molecule has 0 unspecified atom stereocenters. The van der Waals surface area contributed by atoms with Crippen LogP contribution >= 0.6 is 0 Å². The summed E-state index contributed by atoms with van der Waals surface area (Å²) in [5.74, 6) is -0.729. The number of amides is 2. The highest BCUT2D eigenvalue weighted by Gasteiger charge is 2.27. The molecule has 5 nitrogen and oxygen atoms in total. The van der Waals surface area contributed by atoms with Crippen molar-refractivity contribution in [2.45, 2.75) is 19.3 Å². The smallest absolute Gasteiger partial charge is 0.242 e. The van der Waals surface area contributed by atoms with Crippen molar-refractivity contribution in [1.29, 1.82) is 5.26 Å². The maximum Gasteiger partial charge on any atom is 0.242 e. The van der Waals surface area contributed by atoms with Gasteiger partial charge in [0, 0.05) is 25.7 Å². The van der Waals surface area contributed by atoms with Crippen LogP contribution in [0, 0.1) is 17.1 Å². The van der Waals surface area contributed by atoms with Gasteiger partial charge in [-0.1, -0.05) is 0 Å². The van der Waals surface area contributed by atoms with Gasteiger partial charge in [-0.3, -0.25) is 9.59 Å². The Hall–Kier alpha value is -2.42. The topological polar surface area (TPSA) is 64.4 Å². The van der Waals surface area contributed by atoms with E-state index in [2.05, 4.69) is 0 Å². The van der Waals surface area contributed by atoms with Crippen molar-refractivity contribution < 1.29 is 14.0 Å². The predicted octanol–water partition coefficient (Wildman–Crippen LogP) is 1.48. The molecule has 0 saturated heterocycles. The Morgan fingerprint density at radius 3 is 2.95 bits per heavy atom. The molecule has 21 heavy (non-hydrogen) atoms. The summed E-state index contributed by atoms with van der Waals surface area (Å²) in [4.78, 5) is 26.9. The van der Waals surface area contributed by atoms with E-state index in [4.69, 9.17) is 5.26 Å². The molecule has 0 bridgehead atoms. The normalized spacial score (nSPS) is 13.6. The van der Waals surface area contributed by atoms with E-state index in [-0.39, 0.29) is 37.0 Å². The number of carbonyl (C=O) groups excluding carboxylic acids is 2. The lowest BCUT2D eigenvalue weighted by Crippen LogP contribution is -2.43. The number of nitrogens with zero attached hydrogens (tertiary/aromatic N) is 3. The number of likely N-dealkylation sites (N-methyl/N-ethyl adjacent to an activating group) is 1. The first-order valence-electron chi connectivity index (χ1n) is 6.72. The highest BCUT2D eigenvalue weighted by Crippen LogP contribution is 2.28. The van der Waals surface area contributed by atoms with Crippen LogP contribution < -0.4 is 4.90 Å². The standard InChI is InChI=1S/C15H16FN3O2/c1-18(8-2-7-17)15(21)10-19-13-5-4-12(16)9-11(13)3-6-14(19)20/h4-5,9H,2-3,6,8,10H2,1H3. The number of hydrogen-bond donors (Lipinski definition) is 0. The van der Waals surface area contributed by atoms with Gasteiger partial charge in [0.05, 0.1) is 12.5 Å². The monoisotopic (exact) mass is 289 g/mol. The lowest BCUT2D eigenvalue weighted by atomic mass is 10.0.